The van der Waals surface area contributed by atoms with E-state index >= 15 is 0 Å². The first-order valence-corrected chi connectivity index (χ1v) is 7.61. The van der Waals surface area contributed by atoms with Gasteiger partial charge in [-0.15, -0.1) is 0 Å². The van der Waals surface area contributed by atoms with Gasteiger partial charge in [-0.05, 0) is 25.5 Å². The topological polar surface area (TPSA) is 61.0 Å². The van der Waals surface area contributed by atoms with Crippen molar-refractivity contribution >= 4 is 11.8 Å². The molecule has 0 saturated carbocycles. The van der Waals surface area contributed by atoms with Gasteiger partial charge in [0.05, 0.1) is 6.61 Å². The number of benzene rings is 1. The SMILES string of the molecule is Cc1ccnc(SCCCOc2ccccc2CN)n1. The highest BCUT2D eigenvalue weighted by molar-refractivity contribution is 7.99. The standard InChI is InChI=1S/C15H19N3OS/c1-12-7-8-17-15(18-12)20-10-4-9-19-14-6-3-2-5-13(14)11-16/h2-3,5-8H,4,9-11,16H2,1H3. The van der Waals surface area contributed by atoms with Crippen LogP contribution in [0.1, 0.15) is 17.7 Å². The van der Waals surface area contributed by atoms with Crippen LogP contribution in [0.2, 0.25) is 0 Å². The minimum absolute atomic E-state index is 0.502. The van der Waals surface area contributed by atoms with Crippen LogP contribution in [0.25, 0.3) is 0 Å². The molecule has 2 aromatic rings. The molecule has 1 aromatic heterocycles. The van der Waals surface area contributed by atoms with Crippen molar-refractivity contribution in [1.29, 1.82) is 0 Å². The summed E-state index contributed by atoms with van der Waals surface area (Å²) in [6, 6.07) is 9.78. The number of hydrogen-bond acceptors (Lipinski definition) is 5. The summed E-state index contributed by atoms with van der Waals surface area (Å²) in [6.45, 7) is 3.15. The molecule has 0 spiro atoms. The lowest BCUT2D eigenvalue weighted by atomic mass is 10.2. The predicted octanol–water partition coefficient (Wildman–Crippen LogP) is 2.80. The lowest BCUT2D eigenvalue weighted by molar-refractivity contribution is 0.315. The van der Waals surface area contributed by atoms with Crippen LogP contribution in [0.4, 0.5) is 0 Å². The molecule has 2 N–H and O–H groups in total. The van der Waals surface area contributed by atoms with Crippen LogP contribution in [0, 0.1) is 6.92 Å². The van der Waals surface area contributed by atoms with Crippen molar-refractivity contribution in [2.75, 3.05) is 12.4 Å². The predicted molar refractivity (Wildman–Crippen MR) is 81.9 cm³/mol. The Morgan fingerprint density at radius 3 is 2.90 bits per heavy atom. The highest BCUT2D eigenvalue weighted by atomic mass is 32.2. The first-order valence-electron chi connectivity index (χ1n) is 6.63. The smallest absolute Gasteiger partial charge is 0.187 e. The molecule has 0 atom stereocenters. The highest BCUT2D eigenvalue weighted by Crippen LogP contribution is 2.18. The van der Waals surface area contributed by atoms with E-state index in [1.165, 1.54) is 0 Å². The van der Waals surface area contributed by atoms with Gasteiger partial charge in [0.25, 0.3) is 0 Å². The van der Waals surface area contributed by atoms with Gasteiger partial charge in [-0.3, -0.25) is 0 Å². The molecule has 1 heterocycles. The van der Waals surface area contributed by atoms with E-state index < -0.39 is 0 Å². The van der Waals surface area contributed by atoms with E-state index in [1.807, 2.05) is 37.3 Å². The number of aryl methyl sites for hydroxylation is 1. The van der Waals surface area contributed by atoms with Crippen molar-refractivity contribution in [3.8, 4) is 5.75 Å². The van der Waals surface area contributed by atoms with Crippen molar-refractivity contribution in [1.82, 2.24) is 9.97 Å². The van der Waals surface area contributed by atoms with Gasteiger partial charge in [0.1, 0.15) is 5.75 Å². The quantitative estimate of drug-likeness (QED) is 0.482. The number of ether oxygens (including phenoxy) is 1. The number of aromatic nitrogens is 2. The number of rotatable bonds is 7. The largest absolute Gasteiger partial charge is 0.493 e. The van der Waals surface area contributed by atoms with Crippen molar-refractivity contribution in [3.05, 3.63) is 47.8 Å². The third kappa shape index (κ3) is 4.51. The Kier molecular flexibility index (Phi) is 5.83. The Hall–Kier alpha value is -1.59. The lowest BCUT2D eigenvalue weighted by Crippen LogP contribution is -2.04. The Bertz CT molecular complexity index is 548. The lowest BCUT2D eigenvalue weighted by Gasteiger charge is -2.09. The van der Waals surface area contributed by atoms with E-state index in [0.29, 0.717) is 13.2 Å². The molecular formula is C15H19N3OS. The van der Waals surface area contributed by atoms with Gasteiger partial charge >= 0.3 is 0 Å². The third-order valence-corrected chi connectivity index (χ3v) is 3.69. The van der Waals surface area contributed by atoms with Crippen LogP contribution in [-0.4, -0.2) is 22.3 Å². The average molecular weight is 289 g/mol. The normalized spacial score (nSPS) is 10.5. The highest BCUT2D eigenvalue weighted by Gasteiger charge is 2.01. The van der Waals surface area contributed by atoms with Gasteiger partial charge in [-0.1, -0.05) is 30.0 Å². The Morgan fingerprint density at radius 2 is 2.10 bits per heavy atom. The van der Waals surface area contributed by atoms with E-state index in [-0.39, 0.29) is 0 Å². The van der Waals surface area contributed by atoms with E-state index in [9.17, 15) is 0 Å². The molecule has 20 heavy (non-hydrogen) atoms. The molecule has 4 nitrogen and oxygen atoms in total. The summed E-state index contributed by atoms with van der Waals surface area (Å²) in [5, 5.41) is 0.826. The number of thioether (sulfide) groups is 1. The van der Waals surface area contributed by atoms with Crippen LogP contribution < -0.4 is 10.5 Å². The monoisotopic (exact) mass is 289 g/mol. The third-order valence-electron chi connectivity index (χ3n) is 2.74. The van der Waals surface area contributed by atoms with Gasteiger partial charge in [-0.2, -0.15) is 0 Å². The van der Waals surface area contributed by atoms with E-state index in [1.54, 1.807) is 18.0 Å². The van der Waals surface area contributed by atoms with Crippen molar-refractivity contribution in [2.45, 2.75) is 25.0 Å². The molecule has 0 aliphatic carbocycles. The molecule has 0 saturated heterocycles. The fourth-order valence-corrected chi connectivity index (χ4v) is 2.50. The summed E-state index contributed by atoms with van der Waals surface area (Å²) in [6.07, 6.45) is 2.74. The summed E-state index contributed by atoms with van der Waals surface area (Å²) < 4.78 is 5.76. The van der Waals surface area contributed by atoms with Crippen LogP contribution >= 0.6 is 11.8 Å². The maximum atomic E-state index is 5.76. The Labute approximate surface area is 123 Å². The zero-order chi connectivity index (χ0) is 14.2. The molecule has 0 bridgehead atoms. The fraction of sp³-hybridized carbons (Fsp3) is 0.333. The summed E-state index contributed by atoms with van der Waals surface area (Å²) in [4.78, 5) is 8.57. The zero-order valence-electron chi connectivity index (χ0n) is 11.6. The van der Waals surface area contributed by atoms with Crippen molar-refractivity contribution in [3.63, 3.8) is 0 Å². The van der Waals surface area contributed by atoms with Crippen LogP contribution in [-0.2, 0) is 6.54 Å². The summed E-state index contributed by atoms with van der Waals surface area (Å²) >= 11 is 1.65. The van der Waals surface area contributed by atoms with Crippen LogP contribution in [0.5, 0.6) is 5.75 Å². The van der Waals surface area contributed by atoms with E-state index in [2.05, 4.69) is 9.97 Å². The van der Waals surface area contributed by atoms with Crippen molar-refractivity contribution < 1.29 is 4.74 Å². The first-order chi connectivity index (χ1) is 9.79. The first kappa shape index (κ1) is 14.8. The average Bonchev–Trinajstić information content (AvgIpc) is 2.47. The van der Waals surface area contributed by atoms with Gasteiger partial charge in [0.2, 0.25) is 0 Å². The molecular weight excluding hydrogens is 270 g/mol. The molecule has 0 aliphatic rings. The number of nitrogens with two attached hydrogens (primary N) is 1. The molecule has 5 heteroatoms. The van der Waals surface area contributed by atoms with Gasteiger partial charge in [-0.25, -0.2) is 9.97 Å². The second-order valence-electron chi connectivity index (χ2n) is 4.34. The molecule has 0 amide bonds. The summed E-state index contributed by atoms with van der Waals surface area (Å²) in [5.41, 5.74) is 7.71. The Morgan fingerprint density at radius 1 is 1.25 bits per heavy atom. The molecule has 0 unspecified atom stereocenters. The number of para-hydroxylation sites is 1. The molecule has 2 rings (SSSR count). The second kappa shape index (κ2) is 7.87. The maximum Gasteiger partial charge on any atom is 0.187 e. The fourth-order valence-electron chi connectivity index (χ4n) is 1.71. The second-order valence-corrected chi connectivity index (χ2v) is 5.40. The number of hydrogen-bond donors (Lipinski definition) is 1. The minimum atomic E-state index is 0.502. The van der Waals surface area contributed by atoms with E-state index in [0.717, 1.165) is 34.3 Å². The molecule has 106 valence electrons. The van der Waals surface area contributed by atoms with Crippen LogP contribution in [0.3, 0.4) is 0 Å². The minimum Gasteiger partial charge on any atom is -0.493 e. The molecule has 0 fully saturated rings. The van der Waals surface area contributed by atoms with Gasteiger partial charge < -0.3 is 10.5 Å². The van der Waals surface area contributed by atoms with Crippen molar-refractivity contribution in [2.24, 2.45) is 5.73 Å². The molecule has 0 radical (unpaired) electrons. The summed E-state index contributed by atoms with van der Waals surface area (Å²) in [7, 11) is 0. The van der Waals surface area contributed by atoms with E-state index in [4.69, 9.17) is 10.5 Å². The Balaban J connectivity index is 1.71. The zero-order valence-corrected chi connectivity index (χ0v) is 12.4. The van der Waals surface area contributed by atoms with Crippen LogP contribution in [0.15, 0.2) is 41.7 Å². The maximum absolute atomic E-state index is 5.76. The molecule has 1 aromatic carbocycles. The number of nitrogens with zero attached hydrogens (tertiary/aromatic N) is 2. The van der Waals surface area contributed by atoms with Gasteiger partial charge in [0, 0.05) is 29.8 Å². The molecule has 0 aliphatic heterocycles. The summed E-state index contributed by atoms with van der Waals surface area (Å²) in [5.74, 6) is 1.82. The van der Waals surface area contributed by atoms with Gasteiger partial charge in [0.15, 0.2) is 5.16 Å².